The maximum absolute atomic E-state index is 12.9. The van der Waals surface area contributed by atoms with Crippen molar-refractivity contribution in [3.8, 4) is 17.1 Å². The Kier molecular flexibility index (Phi) is 5.69. The number of aromatic nitrogens is 2. The molecule has 0 saturated carbocycles. The van der Waals surface area contributed by atoms with Crippen LogP contribution in [0.2, 0.25) is 0 Å². The quantitative estimate of drug-likeness (QED) is 0.598. The van der Waals surface area contributed by atoms with Crippen LogP contribution in [-0.4, -0.2) is 22.4 Å². The number of hydrogen-bond acceptors (Lipinski definition) is 4. The van der Waals surface area contributed by atoms with E-state index in [4.69, 9.17) is 9.47 Å². The Balaban J connectivity index is 1.92. The molecule has 0 bridgehead atoms. The minimum Gasteiger partial charge on any atom is -0.477 e. The van der Waals surface area contributed by atoms with Crippen LogP contribution < -0.4 is 4.74 Å². The fraction of sp³-hybridized carbons (Fsp3) is 0.238. The molecule has 5 heteroatoms. The van der Waals surface area contributed by atoms with Crippen molar-refractivity contribution in [1.82, 2.24) is 9.78 Å². The number of rotatable bonds is 7. The normalized spacial score (nSPS) is 10.5. The molecule has 0 amide bonds. The standard InChI is InChI=1S/C21H22N2O3/c1-3-14-25-20-18(21(24)26-15-16-10-6-4-7-11-16)19(22-23(20)2)17-12-8-5-9-13-17/h4-13H,3,14-15H2,1-2H3. The summed E-state index contributed by atoms with van der Waals surface area (Å²) in [5.41, 5.74) is 2.71. The minimum absolute atomic E-state index is 0.204. The molecule has 134 valence electrons. The number of hydrogen-bond donors (Lipinski definition) is 0. The largest absolute Gasteiger partial charge is 0.477 e. The van der Waals surface area contributed by atoms with Gasteiger partial charge in [0.1, 0.15) is 17.9 Å². The second kappa shape index (κ2) is 8.34. The van der Waals surface area contributed by atoms with Gasteiger partial charge in [0, 0.05) is 12.6 Å². The highest BCUT2D eigenvalue weighted by Gasteiger charge is 2.26. The van der Waals surface area contributed by atoms with Crippen molar-refractivity contribution in [3.05, 3.63) is 71.8 Å². The number of esters is 1. The van der Waals surface area contributed by atoms with Crippen molar-refractivity contribution in [2.24, 2.45) is 7.05 Å². The number of nitrogens with zero attached hydrogens (tertiary/aromatic N) is 2. The minimum atomic E-state index is -0.438. The first-order chi connectivity index (χ1) is 12.7. The van der Waals surface area contributed by atoms with E-state index in [1.165, 1.54) is 0 Å². The van der Waals surface area contributed by atoms with Crippen LogP contribution in [0, 0.1) is 0 Å². The van der Waals surface area contributed by atoms with Crippen LogP contribution in [0.3, 0.4) is 0 Å². The topological polar surface area (TPSA) is 53.4 Å². The molecule has 0 aliphatic carbocycles. The highest BCUT2D eigenvalue weighted by molar-refractivity contribution is 5.98. The zero-order valence-electron chi connectivity index (χ0n) is 15.0. The van der Waals surface area contributed by atoms with Gasteiger partial charge < -0.3 is 9.47 Å². The van der Waals surface area contributed by atoms with Crippen molar-refractivity contribution >= 4 is 5.97 Å². The van der Waals surface area contributed by atoms with Gasteiger partial charge in [0.05, 0.1) is 6.61 Å². The van der Waals surface area contributed by atoms with E-state index in [9.17, 15) is 4.79 Å². The summed E-state index contributed by atoms with van der Waals surface area (Å²) < 4.78 is 12.9. The Morgan fingerprint density at radius 2 is 1.69 bits per heavy atom. The zero-order chi connectivity index (χ0) is 18.4. The lowest BCUT2D eigenvalue weighted by Crippen LogP contribution is -2.10. The summed E-state index contributed by atoms with van der Waals surface area (Å²) in [6.07, 6.45) is 0.838. The van der Waals surface area contributed by atoms with Crippen molar-refractivity contribution in [2.75, 3.05) is 6.61 Å². The first-order valence-electron chi connectivity index (χ1n) is 8.67. The van der Waals surface area contributed by atoms with Crippen molar-refractivity contribution in [3.63, 3.8) is 0 Å². The van der Waals surface area contributed by atoms with Crippen LogP contribution in [0.4, 0.5) is 0 Å². The van der Waals surface area contributed by atoms with Gasteiger partial charge in [-0.05, 0) is 12.0 Å². The molecule has 0 unspecified atom stereocenters. The van der Waals surface area contributed by atoms with E-state index >= 15 is 0 Å². The number of carbonyl (C=O) groups is 1. The first kappa shape index (κ1) is 17.7. The molecule has 3 aromatic rings. The molecule has 5 nitrogen and oxygen atoms in total. The summed E-state index contributed by atoms with van der Waals surface area (Å²) in [6, 6.07) is 19.2. The van der Waals surface area contributed by atoms with Gasteiger partial charge >= 0.3 is 5.97 Å². The molecule has 2 aromatic carbocycles. The van der Waals surface area contributed by atoms with Crippen molar-refractivity contribution in [2.45, 2.75) is 20.0 Å². The van der Waals surface area contributed by atoms with E-state index in [1.54, 1.807) is 11.7 Å². The molecule has 0 atom stereocenters. The molecular weight excluding hydrogens is 328 g/mol. The predicted octanol–water partition coefficient (Wildman–Crippen LogP) is 4.23. The van der Waals surface area contributed by atoms with Crippen LogP contribution in [0.1, 0.15) is 29.3 Å². The molecule has 0 spiro atoms. The van der Waals surface area contributed by atoms with Gasteiger partial charge in [-0.3, -0.25) is 0 Å². The molecule has 0 saturated heterocycles. The van der Waals surface area contributed by atoms with Crippen LogP contribution in [0.25, 0.3) is 11.3 Å². The average molecular weight is 350 g/mol. The highest BCUT2D eigenvalue weighted by atomic mass is 16.5. The summed E-state index contributed by atoms with van der Waals surface area (Å²) in [4.78, 5) is 12.9. The Bertz CT molecular complexity index is 858. The zero-order valence-corrected chi connectivity index (χ0v) is 15.0. The molecule has 3 rings (SSSR count). The first-order valence-corrected chi connectivity index (χ1v) is 8.67. The summed E-state index contributed by atoms with van der Waals surface area (Å²) in [6.45, 7) is 2.73. The summed E-state index contributed by atoms with van der Waals surface area (Å²) in [7, 11) is 1.77. The molecule has 26 heavy (non-hydrogen) atoms. The van der Waals surface area contributed by atoms with Gasteiger partial charge in [-0.2, -0.15) is 5.10 Å². The number of carbonyl (C=O) groups excluding carboxylic acids is 1. The van der Waals surface area contributed by atoms with Gasteiger partial charge in [0.25, 0.3) is 0 Å². The van der Waals surface area contributed by atoms with Gasteiger partial charge in [0.2, 0.25) is 5.88 Å². The number of aryl methyl sites for hydroxylation is 1. The van der Waals surface area contributed by atoms with E-state index in [0.717, 1.165) is 17.5 Å². The second-order valence-corrected chi connectivity index (χ2v) is 5.93. The lowest BCUT2D eigenvalue weighted by atomic mass is 10.1. The molecular formula is C21H22N2O3. The lowest BCUT2D eigenvalue weighted by Gasteiger charge is -2.09. The third-order valence-corrected chi connectivity index (χ3v) is 3.90. The SMILES string of the molecule is CCCOc1c(C(=O)OCc2ccccc2)c(-c2ccccc2)nn1C. The molecule has 0 aliphatic heterocycles. The molecule has 1 heterocycles. The molecule has 0 aliphatic rings. The maximum Gasteiger partial charge on any atom is 0.346 e. The fourth-order valence-electron chi connectivity index (χ4n) is 2.65. The highest BCUT2D eigenvalue weighted by Crippen LogP contribution is 2.31. The van der Waals surface area contributed by atoms with Crippen LogP contribution in [-0.2, 0) is 18.4 Å². The third kappa shape index (κ3) is 3.94. The second-order valence-electron chi connectivity index (χ2n) is 5.93. The Morgan fingerprint density at radius 1 is 1.04 bits per heavy atom. The smallest absolute Gasteiger partial charge is 0.346 e. The molecule has 1 aromatic heterocycles. The average Bonchev–Trinajstić information content (AvgIpc) is 3.02. The Morgan fingerprint density at radius 3 is 2.35 bits per heavy atom. The summed E-state index contributed by atoms with van der Waals surface area (Å²) in [5, 5.41) is 4.50. The maximum atomic E-state index is 12.9. The van der Waals surface area contributed by atoms with Crippen molar-refractivity contribution < 1.29 is 14.3 Å². The monoisotopic (exact) mass is 350 g/mol. The molecule has 0 fully saturated rings. The van der Waals surface area contributed by atoms with E-state index in [1.807, 2.05) is 67.6 Å². The van der Waals surface area contributed by atoms with Gasteiger partial charge in [-0.15, -0.1) is 0 Å². The summed E-state index contributed by atoms with van der Waals surface area (Å²) in [5.74, 6) is -0.00401. The van der Waals surface area contributed by atoms with Crippen LogP contribution in [0.5, 0.6) is 5.88 Å². The van der Waals surface area contributed by atoms with E-state index in [-0.39, 0.29) is 6.61 Å². The third-order valence-electron chi connectivity index (χ3n) is 3.90. The Hall–Kier alpha value is -3.08. The number of benzene rings is 2. The van der Waals surface area contributed by atoms with Gasteiger partial charge in [-0.1, -0.05) is 67.6 Å². The van der Waals surface area contributed by atoms with E-state index < -0.39 is 5.97 Å². The van der Waals surface area contributed by atoms with Gasteiger partial charge in [-0.25, -0.2) is 9.48 Å². The fourth-order valence-corrected chi connectivity index (χ4v) is 2.65. The Labute approximate surface area is 153 Å². The summed E-state index contributed by atoms with van der Waals surface area (Å²) >= 11 is 0. The van der Waals surface area contributed by atoms with E-state index in [0.29, 0.717) is 23.7 Å². The molecule has 0 radical (unpaired) electrons. The van der Waals surface area contributed by atoms with Gasteiger partial charge in [0.15, 0.2) is 0 Å². The lowest BCUT2D eigenvalue weighted by molar-refractivity contribution is 0.0468. The van der Waals surface area contributed by atoms with Crippen molar-refractivity contribution in [1.29, 1.82) is 0 Å². The predicted molar refractivity (Wildman–Crippen MR) is 100.0 cm³/mol. The molecule has 0 N–H and O–H groups in total. The van der Waals surface area contributed by atoms with E-state index in [2.05, 4.69) is 5.10 Å². The van der Waals surface area contributed by atoms with Crippen LogP contribution >= 0.6 is 0 Å². The van der Waals surface area contributed by atoms with Crippen LogP contribution in [0.15, 0.2) is 60.7 Å². The number of ether oxygens (including phenoxy) is 2.